The number of carbonyl (C=O) groups excluding carboxylic acids is 1. The van der Waals surface area contributed by atoms with Crippen LogP contribution in [0.5, 0.6) is 0 Å². The third-order valence-corrected chi connectivity index (χ3v) is 1.76. The largest absolute Gasteiger partial charge is 0.454 e. The Morgan fingerprint density at radius 3 is 2.75 bits per heavy atom. The SMILES string of the molecule is COC(C)c1ccc(C(=O)Cl)o1. The fourth-order valence-electron chi connectivity index (χ4n) is 0.793. The van der Waals surface area contributed by atoms with Crippen LogP contribution in [0.3, 0.4) is 0 Å². The van der Waals surface area contributed by atoms with Crippen LogP contribution in [-0.2, 0) is 4.74 Å². The molecule has 66 valence electrons. The van der Waals surface area contributed by atoms with Crippen LogP contribution in [0.1, 0.15) is 29.3 Å². The summed E-state index contributed by atoms with van der Waals surface area (Å²) in [5.74, 6) is 0.747. The van der Waals surface area contributed by atoms with E-state index < -0.39 is 5.24 Å². The van der Waals surface area contributed by atoms with Crippen LogP contribution >= 0.6 is 11.6 Å². The van der Waals surface area contributed by atoms with E-state index in [-0.39, 0.29) is 11.9 Å². The van der Waals surface area contributed by atoms with Crippen molar-refractivity contribution in [2.75, 3.05) is 7.11 Å². The molecule has 1 rings (SSSR count). The van der Waals surface area contributed by atoms with Gasteiger partial charge in [0.05, 0.1) is 0 Å². The molecule has 0 saturated carbocycles. The fraction of sp³-hybridized carbons (Fsp3) is 0.375. The molecule has 0 N–H and O–H groups in total. The van der Waals surface area contributed by atoms with Gasteiger partial charge in [0.1, 0.15) is 11.9 Å². The Morgan fingerprint density at radius 2 is 2.33 bits per heavy atom. The molecule has 0 aliphatic carbocycles. The maximum atomic E-state index is 10.6. The molecule has 0 aliphatic rings. The lowest BCUT2D eigenvalue weighted by Crippen LogP contribution is -1.92. The maximum absolute atomic E-state index is 10.6. The molecule has 0 fully saturated rings. The van der Waals surface area contributed by atoms with Gasteiger partial charge in [-0.15, -0.1) is 0 Å². The summed E-state index contributed by atoms with van der Waals surface area (Å²) in [6.45, 7) is 1.82. The first-order chi connectivity index (χ1) is 5.65. The van der Waals surface area contributed by atoms with Crippen LogP contribution in [0, 0.1) is 0 Å². The van der Waals surface area contributed by atoms with Gasteiger partial charge in [0.25, 0.3) is 5.24 Å². The van der Waals surface area contributed by atoms with E-state index in [9.17, 15) is 4.79 Å². The first kappa shape index (κ1) is 9.29. The summed E-state index contributed by atoms with van der Waals surface area (Å²) in [4.78, 5) is 10.6. The molecule has 0 aromatic carbocycles. The second kappa shape index (κ2) is 3.74. The van der Waals surface area contributed by atoms with E-state index in [2.05, 4.69) is 0 Å². The average Bonchev–Trinajstić information content (AvgIpc) is 2.51. The van der Waals surface area contributed by atoms with E-state index in [0.29, 0.717) is 5.76 Å². The van der Waals surface area contributed by atoms with Crippen molar-refractivity contribution in [2.24, 2.45) is 0 Å². The van der Waals surface area contributed by atoms with Gasteiger partial charge in [-0.25, -0.2) is 0 Å². The molecule has 12 heavy (non-hydrogen) atoms. The summed E-state index contributed by atoms with van der Waals surface area (Å²) in [6, 6.07) is 3.20. The average molecular weight is 189 g/mol. The lowest BCUT2D eigenvalue weighted by molar-refractivity contribution is 0.0942. The smallest absolute Gasteiger partial charge is 0.287 e. The van der Waals surface area contributed by atoms with Gasteiger partial charge < -0.3 is 9.15 Å². The molecule has 4 heteroatoms. The fourth-order valence-corrected chi connectivity index (χ4v) is 0.895. The van der Waals surface area contributed by atoms with Crippen LogP contribution in [0.25, 0.3) is 0 Å². The van der Waals surface area contributed by atoms with E-state index in [1.165, 1.54) is 6.07 Å². The minimum absolute atomic E-state index is 0.149. The van der Waals surface area contributed by atoms with Crippen LogP contribution in [-0.4, -0.2) is 12.4 Å². The van der Waals surface area contributed by atoms with Gasteiger partial charge in [0.15, 0.2) is 5.76 Å². The number of methoxy groups -OCH3 is 1. The van der Waals surface area contributed by atoms with Crippen molar-refractivity contribution in [1.29, 1.82) is 0 Å². The molecule has 1 atom stereocenters. The van der Waals surface area contributed by atoms with Gasteiger partial charge in [-0.2, -0.15) is 0 Å². The minimum atomic E-state index is -0.593. The molecule has 0 bridgehead atoms. The summed E-state index contributed by atoms with van der Waals surface area (Å²) in [6.07, 6.45) is -0.158. The summed E-state index contributed by atoms with van der Waals surface area (Å²) in [5.41, 5.74) is 0. The Labute approximate surface area is 75.3 Å². The molecule has 0 spiro atoms. The lowest BCUT2D eigenvalue weighted by Gasteiger charge is -2.03. The van der Waals surface area contributed by atoms with Gasteiger partial charge in [-0.1, -0.05) is 0 Å². The van der Waals surface area contributed by atoms with E-state index in [0.717, 1.165) is 0 Å². The van der Waals surface area contributed by atoms with Gasteiger partial charge in [-0.3, -0.25) is 4.79 Å². The van der Waals surface area contributed by atoms with Crippen molar-refractivity contribution in [3.8, 4) is 0 Å². The Morgan fingerprint density at radius 1 is 1.67 bits per heavy atom. The summed E-state index contributed by atoms with van der Waals surface area (Å²) >= 11 is 5.19. The standard InChI is InChI=1S/C8H9ClO3/c1-5(11-2)6-3-4-7(12-6)8(9)10/h3-5H,1-2H3. The third-order valence-electron chi connectivity index (χ3n) is 1.57. The Hall–Kier alpha value is -0.800. The Balaban J connectivity index is 2.84. The first-order valence-corrected chi connectivity index (χ1v) is 3.85. The van der Waals surface area contributed by atoms with Crippen LogP contribution in [0.4, 0.5) is 0 Å². The van der Waals surface area contributed by atoms with Crippen molar-refractivity contribution in [3.05, 3.63) is 23.7 Å². The minimum Gasteiger partial charge on any atom is -0.454 e. The monoisotopic (exact) mass is 188 g/mol. The highest BCUT2D eigenvalue weighted by atomic mass is 35.5. The van der Waals surface area contributed by atoms with Gasteiger partial charge >= 0.3 is 0 Å². The zero-order chi connectivity index (χ0) is 9.14. The quantitative estimate of drug-likeness (QED) is 0.684. The second-order valence-electron chi connectivity index (χ2n) is 2.35. The molecule has 3 nitrogen and oxygen atoms in total. The summed E-state index contributed by atoms with van der Waals surface area (Å²) < 4.78 is 10.1. The number of furan rings is 1. The van der Waals surface area contributed by atoms with Crippen molar-refractivity contribution in [1.82, 2.24) is 0 Å². The van der Waals surface area contributed by atoms with Crippen LogP contribution in [0.2, 0.25) is 0 Å². The first-order valence-electron chi connectivity index (χ1n) is 3.47. The zero-order valence-electron chi connectivity index (χ0n) is 6.83. The topological polar surface area (TPSA) is 39.4 Å². The molecule has 0 saturated heterocycles. The molecule has 0 amide bonds. The summed E-state index contributed by atoms with van der Waals surface area (Å²) in [5, 5.41) is -0.593. The highest BCUT2D eigenvalue weighted by Crippen LogP contribution is 2.19. The van der Waals surface area contributed by atoms with E-state index in [1.54, 1.807) is 13.2 Å². The normalized spacial score (nSPS) is 12.9. The molecule has 0 radical (unpaired) electrons. The van der Waals surface area contributed by atoms with E-state index in [1.807, 2.05) is 6.92 Å². The number of hydrogen-bond donors (Lipinski definition) is 0. The predicted octanol–water partition coefficient (Wildman–Crippen LogP) is 2.37. The number of halogens is 1. The molecule has 1 unspecified atom stereocenters. The van der Waals surface area contributed by atoms with Gasteiger partial charge in [0, 0.05) is 7.11 Å². The summed E-state index contributed by atoms with van der Waals surface area (Å²) in [7, 11) is 1.56. The van der Waals surface area contributed by atoms with E-state index >= 15 is 0 Å². The third kappa shape index (κ3) is 1.87. The maximum Gasteiger partial charge on any atom is 0.287 e. The van der Waals surface area contributed by atoms with Crippen molar-refractivity contribution in [3.63, 3.8) is 0 Å². The molecule has 0 aliphatic heterocycles. The molecule has 1 aromatic rings. The highest BCUT2D eigenvalue weighted by Gasteiger charge is 2.12. The number of hydrogen-bond acceptors (Lipinski definition) is 3. The predicted molar refractivity (Wildman–Crippen MR) is 44.3 cm³/mol. The lowest BCUT2D eigenvalue weighted by atomic mass is 10.3. The van der Waals surface area contributed by atoms with Gasteiger partial charge in [-0.05, 0) is 30.7 Å². The van der Waals surface area contributed by atoms with Crippen molar-refractivity contribution >= 4 is 16.8 Å². The van der Waals surface area contributed by atoms with Crippen LogP contribution in [0.15, 0.2) is 16.5 Å². The van der Waals surface area contributed by atoms with E-state index in [4.69, 9.17) is 20.8 Å². The second-order valence-corrected chi connectivity index (χ2v) is 2.70. The van der Waals surface area contributed by atoms with Crippen molar-refractivity contribution in [2.45, 2.75) is 13.0 Å². The molecular weight excluding hydrogens is 180 g/mol. The molecule has 1 heterocycles. The number of ether oxygens (including phenoxy) is 1. The van der Waals surface area contributed by atoms with Crippen molar-refractivity contribution < 1.29 is 13.9 Å². The van der Waals surface area contributed by atoms with Gasteiger partial charge in [0.2, 0.25) is 0 Å². The number of carbonyl (C=O) groups is 1. The Kier molecular flexibility index (Phi) is 2.89. The van der Waals surface area contributed by atoms with Crippen LogP contribution < -0.4 is 0 Å². The zero-order valence-corrected chi connectivity index (χ0v) is 7.59. The molecule has 1 aromatic heterocycles. The molecular formula is C8H9ClO3. The highest BCUT2D eigenvalue weighted by molar-refractivity contribution is 6.67. The Bertz CT molecular complexity index is 280. The number of rotatable bonds is 3.